The van der Waals surface area contributed by atoms with Gasteiger partial charge in [0.05, 0.1) is 5.56 Å². The quantitative estimate of drug-likeness (QED) is 0.684. The van der Waals surface area contributed by atoms with Gasteiger partial charge in [0.15, 0.2) is 0 Å². The zero-order valence-electron chi connectivity index (χ0n) is 14.0. The SMILES string of the molecule is CC1CCc2c(sc(NC(=O)CCSc3ccc(Cl)cc3)c2C#N)C1. The van der Waals surface area contributed by atoms with Crippen molar-refractivity contribution in [1.82, 2.24) is 0 Å². The molecule has 1 atom stereocenters. The molecule has 1 amide bonds. The largest absolute Gasteiger partial charge is 0.317 e. The molecule has 1 aromatic heterocycles. The summed E-state index contributed by atoms with van der Waals surface area (Å²) in [5.41, 5.74) is 1.82. The number of nitrogens with one attached hydrogen (secondary N) is 1. The molecule has 1 heterocycles. The average molecular weight is 391 g/mol. The van der Waals surface area contributed by atoms with E-state index in [4.69, 9.17) is 11.6 Å². The summed E-state index contributed by atoms with van der Waals surface area (Å²) in [6, 6.07) is 9.89. The monoisotopic (exact) mass is 390 g/mol. The van der Waals surface area contributed by atoms with Crippen LogP contribution in [0.3, 0.4) is 0 Å². The summed E-state index contributed by atoms with van der Waals surface area (Å²) >= 11 is 9.07. The van der Waals surface area contributed by atoms with E-state index >= 15 is 0 Å². The second kappa shape index (κ2) is 8.27. The average Bonchev–Trinajstić information content (AvgIpc) is 2.92. The molecule has 0 fully saturated rings. The number of hydrogen-bond donors (Lipinski definition) is 1. The molecule has 0 saturated carbocycles. The molecular formula is C19H19ClN2OS2. The molecule has 130 valence electrons. The predicted octanol–water partition coefficient (Wildman–Crippen LogP) is 5.52. The van der Waals surface area contributed by atoms with E-state index in [-0.39, 0.29) is 5.91 Å². The van der Waals surface area contributed by atoms with Gasteiger partial charge in [0, 0.05) is 27.0 Å². The molecule has 1 unspecified atom stereocenters. The zero-order valence-corrected chi connectivity index (χ0v) is 16.4. The number of carbonyl (C=O) groups is 1. The fourth-order valence-electron chi connectivity index (χ4n) is 2.94. The van der Waals surface area contributed by atoms with Gasteiger partial charge in [-0.1, -0.05) is 18.5 Å². The molecule has 1 N–H and O–H groups in total. The number of thioether (sulfide) groups is 1. The van der Waals surface area contributed by atoms with Gasteiger partial charge in [-0.25, -0.2) is 0 Å². The Hall–Kier alpha value is -1.48. The van der Waals surface area contributed by atoms with Gasteiger partial charge in [-0.05, 0) is 55.0 Å². The number of nitrogens with zero attached hydrogens (tertiary/aromatic N) is 1. The predicted molar refractivity (Wildman–Crippen MR) is 106 cm³/mol. The van der Waals surface area contributed by atoms with Gasteiger partial charge in [0.2, 0.25) is 5.91 Å². The van der Waals surface area contributed by atoms with Crippen LogP contribution in [-0.2, 0) is 17.6 Å². The Bertz CT molecular complexity index is 808. The van der Waals surface area contributed by atoms with E-state index in [1.807, 2.05) is 24.3 Å². The van der Waals surface area contributed by atoms with Crippen LogP contribution in [0.4, 0.5) is 5.00 Å². The van der Waals surface area contributed by atoms with Crippen LogP contribution in [0.1, 0.15) is 35.8 Å². The lowest BCUT2D eigenvalue weighted by Crippen LogP contribution is -2.12. The van der Waals surface area contributed by atoms with Crippen molar-refractivity contribution in [2.24, 2.45) is 5.92 Å². The molecule has 3 rings (SSSR count). The van der Waals surface area contributed by atoms with Gasteiger partial charge < -0.3 is 5.32 Å². The first-order valence-corrected chi connectivity index (χ1v) is 10.5. The first kappa shape index (κ1) is 18.3. The Morgan fingerprint density at radius 1 is 1.44 bits per heavy atom. The van der Waals surface area contributed by atoms with Gasteiger partial charge >= 0.3 is 0 Å². The smallest absolute Gasteiger partial charge is 0.225 e. The molecule has 0 aliphatic heterocycles. The van der Waals surface area contributed by atoms with Crippen LogP contribution >= 0.6 is 34.7 Å². The van der Waals surface area contributed by atoms with Crippen LogP contribution in [-0.4, -0.2) is 11.7 Å². The number of rotatable bonds is 5. The maximum atomic E-state index is 12.3. The molecular weight excluding hydrogens is 372 g/mol. The number of anilines is 1. The topological polar surface area (TPSA) is 52.9 Å². The highest BCUT2D eigenvalue weighted by Gasteiger charge is 2.24. The summed E-state index contributed by atoms with van der Waals surface area (Å²) in [6.07, 6.45) is 3.48. The standard InChI is InChI=1S/C19H19ClN2OS2/c1-12-2-7-15-16(11-21)19(25-17(15)10-12)22-18(23)8-9-24-14-5-3-13(20)4-6-14/h3-6,12H,2,7-10H2,1H3,(H,22,23). The van der Waals surface area contributed by atoms with Gasteiger partial charge in [0.1, 0.15) is 11.1 Å². The third-order valence-electron chi connectivity index (χ3n) is 4.29. The lowest BCUT2D eigenvalue weighted by atomic mass is 9.89. The highest BCUT2D eigenvalue weighted by molar-refractivity contribution is 7.99. The molecule has 1 aliphatic carbocycles. The third-order valence-corrected chi connectivity index (χ3v) is 6.72. The molecule has 0 saturated heterocycles. The van der Waals surface area contributed by atoms with E-state index in [0.717, 1.165) is 34.7 Å². The summed E-state index contributed by atoms with van der Waals surface area (Å²) in [4.78, 5) is 14.6. The normalized spacial score (nSPS) is 16.1. The van der Waals surface area contributed by atoms with Gasteiger partial charge in [0.25, 0.3) is 0 Å². The maximum absolute atomic E-state index is 12.3. The fraction of sp³-hybridized carbons (Fsp3) is 0.368. The van der Waals surface area contributed by atoms with Crippen molar-refractivity contribution in [2.75, 3.05) is 11.1 Å². The van der Waals surface area contributed by atoms with Crippen LogP contribution in [0.15, 0.2) is 29.2 Å². The first-order chi connectivity index (χ1) is 12.1. The number of hydrogen-bond acceptors (Lipinski definition) is 4. The van der Waals surface area contributed by atoms with Crippen LogP contribution in [0.5, 0.6) is 0 Å². The summed E-state index contributed by atoms with van der Waals surface area (Å²) in [5, 5.41) is 13.9. The van der Waals surface area contributed by atoms with Gasteiger partial charge in [-0.2, -0.15) is 5.26 Å². The van der Waals surface area contributed by atoms with Gasteiger partial charge in [-0.3, -0.25) is 4.79 Å². The van der Waals surface area contributed by atoms with Crippen LogP contribution in [0, 0.1) is 17.2 Å². The Labute approximate surface area is 161 Å². The summed E-state index contributed by atoms with van der Waals surface area (Å²) in [5.74, 6) is 1.30. The van der Waals surface area contributed by atoms with E-state index in [9.17, 15) is 10.1 Å². The number of carbonyl (C=O) groups excluding carboxylic acids is 1. The fourth-order valence-corrected chi connectivity index (χ4v) is 5.29. The van der Waals surface area contributed by atoms with Crippen molar-refractivity contribution in [3.05, 3.63) is 45.3 Å². The number of halogens is 1. The van der Waals surface area contributed by atoms with Crippen LogP contribution in [0.2, 0.25) is 5.02 Å². The molecule has 0 radical (unpaired) electrons. The molecule has 25 heavy (non-hydrogen) atoms. The van der Waals surface area contributed by atoms with Crippen molar-refractivity contribution in [3.63, 3.8) is 0 Å². The minimum atomic E-state index is -0.0374. The van der Waals surface area contributed by atoms with E-state index in [2.05, 4.69) is 18.3 Å². The molecule has 0 bridgehead atoms. The van der Waals surface area contributed by atoms with Crippen LogP contribution in [0.25, 0.3) is 0 Å². The molecule has 1 aromatic carbocycles. The second-order valence-electron chi connectivity index (χ2n) is 6.27. The Balaban J connectivity index is 1.58. The Kier molecular flexibility index (Phi) is 6.06. The molecule has 6 heteroatoms. The molecule has 3 nitrogen and oxygen atoms in total. The second-order valence-corrected chi connectivity index (χ2v) is 8.98. The van der Waals surface area contributed by atoms with Crippen molar-refractivity contribution in [2.45, 2.75) is 37.5 Å². The van der Waals surface area contributed by atoms with E-state index in [1.165, 1.54) is 4.88 Å². The number of fused-ring (bicyclic) bond motifs is 1. The van der Waals surface area contributed by atoms with E-state index in [0.29, 0.717) is 28.7 Å². The zero-order chi connectivity index (χ0) is 17.8. The summed E-state index contributed by atoms with van der Waals surface area (Å²) in [6.45, 7) is 2.24. The molecule has 1 aliphatic rings. The van der Waals surface area contributed by atoms with E-state index in [1.54, 1.807) is 23.1 Å². The van der Waals surface area contributed by atoms with Crippen molar-refractivity contribution >= 4 is 45.6 Å². The number of benzene rings is 1. The minimum Gasteiger partial charge on any atom is -0.317 e. The molecule has 2 aromatic rings. The third kappa shape index (κ3) is 4.58. The first-order valence-electron chi connectivity index (χ1n) is 8.29. The summed E-state index contributed by atoms with van der Waals surface area (Å²) in [7, 11) is 0. The van der Waals surface area contributed by atoms with Crippen molar-refractivity contribution in [3.8, 4) is 6.07 Å². The lowest BCUT2D eigenvalue weighted by Gasteiger charge is -2.17. The highest BCUT2D eigenvalue weighted by Crippen LogP contribution is 2.39. The molecule has 0 spiro atoms. The minimum absolute atomic E-state index is 0.0374. The number of amides is 1. The summed E-state index contributed by atoms with van der Waals surface area (Å²) < 4.78 is 0. The number of thiophene rings is 1. The maximum Gasteiger partial charge on any atom is 0.225 e. The van der Waals surface area contributed by atoms with Gasteiger partial charge in [-0.15, -0.1) is 23.1 Å². The van der Waals surface area contributed by atoms with Crippen LogP contribution < -0.4 is 5.32 Å². The Morgan fingerprint density at radius 3 is 2.92 bits per heavy atom. The number of nitriles is 1. The van der Waals surface area contributed by atoms with Crippen molar-refractivity contribution in [1.29, 1.82) is 5.26 Å². The lowest BCUT2D eigenvalue weighted by molar-refractivity contribution is -0.115. The van der Waals surface area contributed by atoms with E-state index < -0.39 is 0 Å². The highest BCUT2D eigenvalue weighted by atomic mass is 35.5. The Morgan fingerprint density at radius 2 is 2.20 bits per heavy atom. The van der Waals surface area contributed by atoms with Crippen molar-refractivity contribution < 1.29 is 4.79 Å².